The van der Waals surface area contributed by atoms with Gasteiger partial charge in [0, 0.05) is 11.4 Å². The number of fused-ring (bicyclic) bond motifs is 3. The molecule has 0 unspecified atom stereocenters. The third kappa shape index (κ3) is 2.69. The fourth-order valence-corrected chi connectivity index (χ4v) is 4.96. The molecule has 0 aliphatic heterocycles. The molecule has 0 bridgehead atoms. The summed E-state index contributed by atoms with van der Waals surface area (Å²) in [6.45, 7) is 6.40. The van der Waals surface area contributed by atoms with Gasteiger partial charge in [-0.05, 0) is 37.0 Å². The van der Waals surface area contributed by atoms with Crippen molar-refractivity contribution in [3.8, 4) is 0 Å². The summed E-state index contributed by atoms with van der Waals surface area (Å²) < 4.78 is 1.78. The van der Waals surface area contributed by atoms with Crippen LogP contribution in [0, 0.1) is 0 Å². The number of nitrogens with zero attached hydrogens (tertiary/aromatic N) is 2. The van der Waals surface area contributed by atoms with E-state index in [1.807, 2.05) is 0 Å². The van der Waals surface area contributed by atoms with Gasteiger partial charge in [-0.1, -0.05) is 31.2 Å². The minimum absolute atomic E-state index is 0.121. The normalized spacial score (nSPS) is 14.9. The molecule has 5 heteroatoms. The number of hydrogen-bond donors (Lipinski definition) is 0. The molecule has 0 spiro atoms. The number of aryl methyl sites for hydroxylation is 2. The van der Waals surface area contributed by atoms with Crippen molar-refractivity contribution in [1.29, 1.82) is 0 Å². The summed E-state index contributed by atoms with van der Waals surface area (Å²) in [5, 5.41) is 1.70. The Labute approximate surface area is 133 Å². The van der Waals surface area contributed by atoms with Crippen molar-refractivity contribution in [2.75, 3.05) is 5.75 Å². The van der Waals surface area contributed by atoms with Crippen LogP contribution in [0.4, 0.5) is 0 Å². The predicted octanol–water partition coefficient (Wildman–Crippen LogP) is 4.02. The topological polar surface area (TPSA) is 34.9 Å². The maximum atomic E-state index is 12.9. The Bertz CT molecular complexity index is 730. The lowest BCUT2D eigenvalue weighted by Crippen LogP contribution is -2.23. The standard InChI is InChI=1S/C16H20N2OS2/c1-3-10-18-15(19)13-11-8-6-5-7-9-12(11)21-14(13)17-16(18)20-4-2/h3H,1,4-10H2,2H3. The van der Waals surface area contributed by atoms with E-state index in [0.717, 1.165) is 34.0 Å². The summed E-state index contributed by atoms with van der Waals surface area (Å²) in [5.41, 5.74) is 1.39. The zero-order valence-electron chi connectivity index (χ0n) is 12.4. The Balaban J connectivity index is 2.26. The Morgan fingerprint density at radius 3 is 2.95 bits per heavy atom. The summed E-state index contributed by atoms with van der Waals surface area (Å²) in [5.74, 6) is 0.917. The highest BCUT2D eigenvalue weighted by atomic mass is 32.2. The largest absolute Gasteiger partial charge is 0.283 e. The van der Waals surface area contributed by atoms with Crippen molar-refractivity contribution in [3.63, 3.8) is 0 Å². The molecule has 2 aromatic rings. The molecule has 21 heavy (non-hydrogen) atoms. The fraction of sp³-hybridized carbons (Fsp3) is 0.500. The van der Waals surface area contributed by atoms with Crippen molar-refractivity contribution in [1.82, 2.24) is 9.55 Å². The Morgan fingerprint density at radius 2 is 2.19 bits per heavy atom. The molecule has 112 valence electrons. The minimum atomic E-state index is 0.121. The van der Waals surface area contributed by atoms with Crippen molar-refractivity contribution in [2.45, 2.75) is 50.7 Å². The van der Waals surface area contributed by atoms with Gasteiger partial charge in [0.05, 0.1) is 5.39 Å². The van der Waals surface area contributed by atoms with E-state index in [1.165, 1.54) is 29.7 Å². The third-order valence-electron chi connectivity index (χ3n) is 3.87. The maximum absolute atomic E-state index is 12.9. The molecule has 1 aliphatic rings. The van der Waals surface area contributed by atoms with Crippen molar-refractivity contribution >= 4 is 33.3 Å². The first-order chi connectivity index (χ1) is 10.3. The molecular weight excluding hydrogens is 300 g/mol. The highest BCUT2D eigenvalue weighted by molar-refractivity contribution is 7.99. The number of rotatable bonds is 4. The first-order valence-corrected chi connectivity index (χ1v) is 9.35. The molecule has 1 aliphatic carbocycles. The predicted molar refractivity (Wildman–Crippen MR) is 91.7 cm³/mol. The van der Waals surface area contributed by atoms with Gasteiger partial charge in [0.25, 0.3) is 5.56 Å². The first-order valence-electron chi connectivity index (χ1n) is 7.55. The van der Waals surface area contributed by atoms with Gasteiger partial charge >= 0.3 is 0 Å². The molecule has 2 heterocycles. The van der Waals surface area contributed by atoms with Crippen molar-refractivity contribution < 1.29 is 0 Å². The van der Waals surface area contributed by atoms with E-state index in [4.69, 9.17) is 4.98 Å². The van der Waals surface area contributed by atoms with Gasteiger partial charge in [0.1, 0.15) is 4.83 Å². The van der Waals surface area contributed by atoms with Gasteiger partial charge in [-0.15, -0.1) is 17.9 Å². The zero-order chi connectivity index (χ0) is 14.8. The summed E-state index contributed by atoms with van der Waals surface area (Å²) >= 11 is 3.36. The monoisotopic (exact) mass is 320 g/mol. The lowest BCUT2D eigenvalue weighted by atomic mass is 10.1. The number of hydrogen-bond acceptors (Lipinski definition) is 4. The average Bonchev–Trinajstić information content (AvgIpc) is 2.65. The van der Waals surface area contributed by atoms with Gasteiger partial charge in [0.2, 0.25) is 0 Å². The highest BCUT2D eigenvalue weighted by Gasteiger charge is 2.20. The number of aromatic nitrogens is 2. The molecule has 0 atom stereocenters. The van der Waals surface area contributed by atoms with Crippen LogP contribution in [0.15, 0.2) is 22.6 Å². The van der Waals surface area contributed by atoms with Crippen LogP contribution in [0.5, 0.6) is 0 Å². The number of allylic oxidation sites excluding steroid dienone is 1. The lowest BCUT2D eigenvalue weighted by Gasteiger charge is -2.09. The smallest absolute Gasteiger partial charge is 0.263 e. The van der Waals surface area contributed by atoms with E-state index in [1.54, 1.807) is 33.7 Å². The van der Waals surface area contributed by atoms with Crippen LogP contribution >= 0.6 is 23.1 Å². The maximum Gasteiger partial charge on any atom is 0.263 e. The molecule has 3 nitrogen and oxygen atoms in total. The second kappa shape index (κ2) is 6.36. The minimum Gasteiger partial charge on any atom is -0.283 e. The summed E-state index contributed by atoms with van der Waals surface area (Å²) in [6, 6.07) is 0. The van der Waals surface area contributed by atoms with E-state index in [2.05, 4.69) is 13.5 Å². The fourth-order valence-electron chi connectivity index (χ4n) is 2.93. The van der Waals surface area contributed by atoms with E-state index in [0.29, 0.717) is 6.54 Å². The average molecular weight is 320 g/mol. The molecule has 0 fully saturated rings. The Kier molecular flexibility index (Phi) is 4.50. The molecule has 2 aromatic heterocycles. The van der Waals surface area contributed by atoms with E-state index in [9.17, 15) is 4.79 Å². The molecule has 0 N–H and O–H groups in total. The van der Waals surface area contributed by atoms with Crippen LogP contribution < -0.4 is 5.56 Å². The Hall–Kier alpha value is -1.07. The highest BCUT2D eigenvalue weighted by Crippen LogP contribution is 2.34. The molecule has 0 saturated carbocycles. The molecule has 0 saturated heterocycles. The second-order valence-electron chi connectivity index (χ2n) is 5.28. The van der Waals surface area contributed by atoms with Crippen LogP contribution in [0.3, 0.4) is 0 Å². The van der Waals surface area contributed by atoms with Gasteiger partial charge < -0.3 is 0 Å². The van der Waals surface area contributed by atoms with Gasteiger partial charge in [0.15, 0.2) is 5.16 Å². The second-order valence-corrected chi connectivity index (χ2v) is 7.59. The van der Waals surface area contributed by atoms with Crippen molar-refractivity contribution in [3.05, 3.63) is 33.4 Å². The third-order valence-corrected chi connectivity index (χ3v) is 5.92. The van der Waals surface area contributed by atoms with Gasteiger partial charge in [-0.3, -0.25) is 9.36 Å². The summed E-state index contributed by atoms with van der Waals surface area (Å²) in [4.78, 5) is 20.0. The van der Waals surface area contributed by atoms with Crippen LogP contribution in [-0.4, -0.2) is 15.3 Å². The van der Waals surface area contributed by atoms with E-state index in [-0.39, 0.29) is 5.56 Å². The first kappa shape index (κ1) is 14.9. The quantitative estimate of drug-likeness (QED) is 0.369. The molecular formula is C16H20N2OS2. The Morgan fingerprint density at radius 1 is 1.38 bits per heavy atom. The van der Waals surface area contributed by atoms with Crippen LogP contribution in [0.1, 0.15) is 36.6 Å². The lowest BCUT2D eigenvalue weighted by molar-refractivity contribution is 0.671. The molecule has 3 rings (SSSR count). The number of thiophene rings is 1. The zero-order valence-corrected chi connectivity index (χ0v) is 14.0. The molecule has 0 aromatic carbocycles. The molecule has 0 amide bonds. The summed E-state index contributed by atoms with van der Waals surface area (Å²) in [7, 11) is 0. The van der Waals surface area contributed by atoms with Gasteiger partial charge in [-0.2, -0.15) is 0 Å². The van der Waals surface area contributed by atoms with Crippen LogP contribution in [-0.2, 0) is 19.4 Å². The summed E-state index contributed by atoms with van der Waals surface area (Å²) in [6.07, 6.45) is 7.59. The van der Waals surface area contributed by atoms with Crippen molar-refractivity contribution in [2.24, 2.45) is 0 Å². The van der Waals surface area contributed by atoms with E-state index < -0.39 is 0 Å². The molecule has 0 radical (unpaired) electrons. The SMILES string of the molecule is C=CCn1c(SCC)nc2sc3c(c2c1=O)CCCCC3. The van der Waals surface area contributed by atoms with Gasteiger partial charge in [-0.25, -0.2) is 4.98 Å². The van der Waals surface area contributed by atoms with E-state index >= 15 is 0 Å². The van der Waals surface area contributed by atoms with Crippen LogP contribution in [0.2, 0.25) is 0 Å². The van der Waals surface area contributed by atoms with Crippen LogP contribution in [0.25, 0.3) is 10.2 Å². The number of thioether (sulfide) groups is 1.